The number of hydrogen-bond donors (Lipinski definition) is 1. The predicted molar refractivity (Wildman–Crippen MR) is 82.9 cm³/mol. The van der Waals surface area contributed by atoms with Crippen molar-refractivity contribution in [2.75, 3.05) is 26.7 Å². The molecule has 2 aliphatic heterocycles. The minimum absolute atomic E-state index is 0.332. The molecule has 1 N–H and O–H groups in total. The predicted octanol–water partition coefficient (Wildman–Crippen LogP) is 1.05. The lowest BCUT2D eigenvalue weighted by atomic mass is 9.94. The highest BCUT2D eigenvalue weighted by molar-refractivity contribution is 7.86. The Morgan fingerprint density at radius 3 is 2.76 bits per heavy atom. The summed E-state index contributed by atoms with van der Waals surface area (Å²) in [6.07, 6.45) is 2.28. The molecular formula is C15H23N3O2S. The van der Waals surface area contributed by atoms with Crippen LogP contribution in [0.25, 0.3) is 0 Å². The maximum Gasteiger partial charge on any atom is 0.282 e. The molecule has 2 saturated heterocycles. The van der Waals surface area contributed by atoms with Gasteiger partial charge in [0, 0.05) is 32.7 Å². The van der Waals surface area contributed by atoms with Crippen LogP contribution in [0.5, 0.6) is 0 Å². The van der Waals surface area contributed by atoms with Crippen LogP contribution in [-0.2, 0) is 16.8 Å². The van der Waals surface area contributed by atoms with Crippen molar-refractivity contribution in [3.05, 3.63) is 35.9 Å². The lowest BCUT2D eigenvalue weighted by Crippen LogP contribution is -2.43. The van der Waals surface area contributed by atoms with Gasteiger partial charge in [-0.05, 0) is 30.9 Å². The third-order valence-corrected chi connectivity index (χ3v) is 6.40. The van der Waals surface area contributed by atoms with Crippen molar-refractivity contribution in [1.29, 1.82) is 0 Å². The van der Waals surface area contributed by atoms with Gasteiger partial charge >= 0.3 is 0 Å². The van der Waals surface area contributed by atoms with Crippen molar-refractivity contribution >= 4 is 10.2 Å². The van der Waals surface area contributed by atoms with E-state index in [1.807, 2.05) is 30.3 Å². The maximum atomic E-state index is 12.7. The zero-order valence-electron chi connectivity index (χ0n) is 12.4. The third-order valence-electron chi connectivity index (χ3n) is 4.53. The van der Waals surface area contributed by atoms with Crippen LogP contribution in [0.15, 0.2) is 30.3 Å². The van der Waals surface area contributed by atoms with E-state index < -0.39 is 10.2 Å². The largest absolute Gasteiger partial charge is 0.312 e. The SMILES string of the molecule is CN(Cc1ccccc1)S(=O)(=O)N1CC2CCCNC2C1. The van der Waals surface area contributed by atoms with Crippen molar-refractivity contribution < 1.29 is 8.42 Å². The minimum atomic E-state index is -3.37. The Bertz CT molecular complexity index is 562. The summed E-state index contributed by atoms with van der Waals surface area (Å²) >= 11 is 0. The highest BCUT2D eigenvalue weighted by atomic mass is 32.2. The average molecular weight is 309 g/mol. The van der Waals surface area contributed by atoms with Gasteiger partial charge in [0.25, 0.3) is 10.2 Å². The molecule has 0 bridgehead atoms. The Balaban J connectivity index is 1.69. The molecule has 5 nitrogen and oxygen atoms in total. The average Bonchev–Trinajstić information content (AvgIpc) is 2.93. The van der Waals surface area contributed by atoms with Gasteiger partial charge in [-0.1, -0.05) is 30.3 Å². The second kappa shape index (κ2) is 6.04. The van der Waals surface area contributed by atoms with Crippen molar-refractivity contribution in [2.45, 2.75) is 25.4 Å². The number of rotatable bonds is 4. The Morgan fingerprint density at radius 2 is 2.05 bits per heavy atom. The summed E-state index contributed by atoms with van der Waals surface area (Å²) in [6, 6.07) is 10.1. The topological polar surface area (TPSA) is 52.7 Å². The van der Waals surface area contributed by atoms with Gasteiger partial charge in [0.2, 0.25) is 0 Å². The van der Waals surface area contributed by atoms with E-state index >= 15 is 0 Å². The fraction of sp³-hybridized carbons (Fsp3) is 0.600. The summed E-state index contributed by atoms with van der Waals surface area (Å²) in [6.45, 7) is 2.68. The Labute approximate surface area is 127 Å². The van der Waals surface area contributed by atoms with Crippen LogP contribution in [0.4, 0.5) is 0 Å². The first-order chi connectivity index (χ1) is 10.1. The van der Waals surface area contributed by atoms with Crippen LogP contribution in [0.3, 0.4) is 0 Å². The zero-order valence-corrected chi connectivity index (χ0v) is 13.2. The molecule has 2 atom stereocenters. The molecule has 1 aromatic carbocycles. The van der Waals surface area contributed by atoms with Crippen LogP contribution in [0.1, 0.15) is 18.4 Å². The fourth-order valence-electron chi connectivity index (χ4n) is 3.31. The summed E-state index contributed by atoms with van der Waals surface area (Å²) in [5.74, 6) is 0.471. The normalized spacial score (nSPS) is 27.0. The van der Waals surface area contributed by atoms with Crippen molar-refractivity contribution in [3.8, 4) is 0 Å². The van der Waals surface area contributed by atoms with Gasteiger partial charge < -0.3 is 5.32 Å². The lowest BCUT2D eigenvalue weighted by Gasteiger charge is -2.24. The van der Waals surface area contributed by atoms with Crippen LogP contribution < -0.4 is 5.32 Å². The molecule has 0 saturated carbocycles. The summed E-state index contributed by atoms with van der Waals surface area (Å²) in [5, 5.41) is 3.45. The molecule has 0 aliphatic carbocycles. The smallest absolute Gasteiger partial charge is 0.282 e. The molecule has 116 valence electrons. The number of nitrogens with zero attached hydrogens (tertiary/aromatic N) is 2. The van der Waals surface area contributed by atoms with Crippen molar-refractivity contribution in [3.63, 3.8) is 0 Å². The second-order valence-electron chi connectivity index (χ2n) is 6.03. The molecule has 0 amide bonds. The monoisotopic (exact) mass is 309 g/mol. The molecule has 21 heavy (non-hydrogen) atoms. The first-order valence-corrected chi connectivity index (χ1v) is 8.96. The molecule has 2 fully saturated rings. The first-order valence-electron chi connectivity index (χ1n) is 7.56. The number of piperidine rings is 1. The van der Waals surface area contributed by atoms with E-state index in [1.165, 1.54) is 4.31 Å². The van der Waals surface area contributed by atoms with Crippen molar-refractivity contribution in [1.82, 2.24) is 13.9 Å². The van der Waals surface area contributed by atoms with E-state index in [0.717, 1.165) is 24.9 Å². The molecule has 1 aromatic rings. The van der Waals surface area contributed by atoms with Crippen LogP contribution in [0.2, 0.25) is 0 Å². The molecule has 0 spiro atoms. The van der Waals surface area contributed by atoms with E-state index in [1.54, 1.807) is 11.4 Å². The molecular weight excluding hydrogens is 286 g/mol. The summed E-state index contributed by atoms with van der Waals surface area (Å²) < 4.78 is 28.5. The van der Waals surface area contributed by atoms with E-state index in [0.29, 0.717) is 31.6 Å². The Hall–Kier alpha value is -0.950. The van der Waals surface area contributed by atoms with Crippen molar-refractivity contribution in [2.24, 2.45) is 5.92 Å². The molecule has 0 aromatic heterocycles. The lowest BCUT2D eigenvalue weighted by molar-refractivity contribution is 0.338. The van der Waals surface area contributed by atoms with Crippen LogP contribution >= 0.6 is 0 Å². The molecule has 0 radical (unpaired) electrons. The first kappa shape index (κ1) is 15.0. The number of benzene rings is 1. The third kappa shape index (κ3) is 3.13. The zero-order chi connectivity index (χ0) is 14.9. The van der Waals surface area contributed by atoms with Gasteiger partial charge in [0.15, 0.2) is 0 Å². The van der Waals surface area contributed by atoms with Gasteiger partial charge in [-0.3, -0.25) is 0 Å². The number of nitrogens with one attached hydrogen (secondary N) is 1. The van der Waals surface area contributed by atoms with Crippen LogP contribution in [0, 0.1) is 5.92 Å². The van der Waals surface area contributed by atoms with Gasteiger partial charge in [0.1, 0.15) is 0 Å². The van der Waals surface area contributed by atoms with Gasteiger partial charge in [-0.2, -0.15) is 17.0 Å². The molecule has 3 rings (SSSR count). The standard InChI is InChI=1S/C15H23N3O2S/c1-17(10-13-6-3-2-4-7-13)21(19,20)18-11-14-8-5-9-16-15(14)12-18/h2-4,6-7,14-16H,5,8-12H2,1H3. The Morgan fingerprint density at radius 1 is 1.29 bits per heavy atom. The summed E-state index contributed by atoms with van der Waals surface area (Å²) in [4.78, 5) is 0. The Kier molecular flexibility index (Phi) is 4.31. The molecule has 6 heteroatoms. The number of hydrogen-bond acceptors (Lipinski definition) is 3. The molecule has 2 unspecified atom stereocenters. The second-order valence-corrected chi connectivity index (χ2v) is 8.06. The number of fused-ring (bicyclic) bond motifs is 1. The summed E-state index contributed by atoms with van der Waals surface area (Å²) in [5.41, 5.74) is 1.01. The minimum Gasteiger partial charge on any atom is -0.312 e. The summed E-state index contributed by atoms with van der Waals surface area (Å²) in [7, 11) is -1.70. The fourth-order valence-corrected chi connectivity index (χ4v) is 4.75. The van der Waals surface area contributed by atoms with E-state index in [4.69, 9.17) is 0 Å². The van der Waals surface area contributed by atoms with Gasteiger partial charge in [0.05, 0.1) is 0 Å². The van der Waals surface area contributed by atoms with Crippen LogP contribution in [-0.4, -0.2) is 49.8 Å². The molecule has 2 heterocycles. The van der Waals surface area contributed by atoms with E-state index in [9.17, 15) is 8.42 Å². The molecule has 2 aliphatic rings. The van der Waals surface area contributed by atoms with E-state index in [-0.39, 0.29) is 0 Å². The van der Waals surface area contributed by atoms with Gasteiger partial charge in [-0.15, -0.1) is 0 Å². The maximum absolute atomic E-state index is 12.7. The highest BCUT2D eigenvalue weighted by Crippen LogP contribution is 2.27. The quantitative estimate of drug-likeness (QED) is 0.904. The van der Waals surface area contributed by atoms with Gasteiger partial charge in [-0.25, -0.2) is 0 Å². The van der Waals surface area contributed by atoms with E-state index in [2.05, 4.69) is 5.32 Å². The highest BCUT2D eigenvalue weighted by Gasteiger charge is 2.40.